The summed E-state index contributed by atoms with van der Waals surface area (Å²) in [6.07, 6.45) is -3.57. The lowest BCUT2D eigenvalue weighted by molar-refractivity contribution is -0.192. The number of aliphatic hydroxyl groups is 1. The van der Waals surface area contributed by atoms with Crippen LogP contribution in [0.15, 0.2) is 23.7 Å². The summed E-state index contributed by atoms with van der Waals surface area (Å²) in [7, 11) is 0. The van der Waals surface area contributed by atoms with Crippen LogP contribution in [-0.2, 0) is 25.7 Å². The number of carbonyl (C=O) groups is 4. The summed E-state index contributed by atoms with van der Waals surface area (Å²) in [5, 5.41) is 26.5. The number of piperidine rings is 1. The molecule has 1 aromatic heterocycles. The zero-order chi connectivity index (χ0) is 37.7. The SMILES string of the molecule is Cc1ncsc1-c1ccc(CNC(=O)[C@@H]2C[C@@H](O)CN2C(=O)C(NC(=O)C2(F)CC2)C(C)(C)C)c(OCC2CCNCC2)c1.O=C(O)C(F)(F)F. The molecule has 2 aromatic rings. The maximum absolute atomic E-state index is 14.5. The summed E-state index contributed by atoms with van der Waals surface area (Å²) in [5.74, 6) is -3.36. The second-order valence-electron chi connectivity index (χ2n) is 14.2. The molecule has 3 aliphatic rings. The first-order valence-electron chi connectivity index (χ1n) is 16.7. The Morgan fingerprint density at radius 3 is 2.35 bits per heavy atom. The molecule has 2 saturated heterocycles. The molecular formula is C34H45F4N5O7S. The second kappa shape index (κ2) is 16.2. The molecule has 5 rings (SSSR count). The van der Waals surface area contributed by atoms with Gasteiger partial charge in [-0.2, -0.15) is 13.2 Å². The van der Waals surface area contributed by atoms with Crippen LogP contribution in [-0.4, -0.2) is 100 Å². The topological polar surface area (TPSA) is 170 Å². The molecule has 3 atom stereocenters. The molecule has 0 spiro atoms. The molecule has 1 aliphatic carbocycles. The minimum absolute atomic E-state index is 0.0480. The zero-order valence-corrected chi connectivity index (χ0v) is 29.8. The fraction of sp³-hybridized carbons (Fsp3) is 0.618. The van der Waals surface area contributed by atoms with Crippen LogP contribution in [0, 0.1) is 18.3 Å². The molecule has 1 saturated carbocycles. The Balaban J connectivity index is 0.000000755. The number of hydrogen-bond acceptors (Lipinski definition) is 9. The van der Waals surface area contributed by atoms with Gasteiger partial charge in [0.15, 0.2) is 5.67 Å². The van der Waals surface area contributed by atoms with Gasteiger partial charge < -0.3 is 35.8 Å². The van der Waals surface area contributed by atoms with Crippen molar-refractivity contribution < 1.29 is 51.7 Å². The van der Waals surface area contributed by atoms with Crippen molar-refractivity contribution in [3.05, 3.63) is 35.0 Å². The molecule has 3 fully saturated rings. The lowest BCUT2D eigenvalue weighted by Gasteiger charge is -2.35. The number of halogens is 4. The molecule has 1 unspecified atom stereocenters. The average molecular weight is 744 g/mol. The Morgan fingerprint density at radius 2 is 1.80 bits per heavy atom. The monoisotopic (exact) mass is 743 g/mol. The van der Waals surface area contributed by atoms with E-state index in [1.54, 1.807) is 32.1 Å². The van der Waals surface area contributed by atoms with Crippen LogP contribution in [0.4, 0.5) is 17.6 Å². The highest BCUT2D eigenvalue weighted by molar-refractivity contribution is 7.13. The molecule has 12 nitrogen and oxygen atoms in total. The summed E-state index contributed by atoms with van der Waals surface area (Å²) >= 11 is 1.56. The van der Waals surface area contributed by atoms with Crippen molar-refractivity contribution in [2.75, 3.05) is 26.2 Å². The minimum Gasteiger partial charge on any atom is -0.493 e. The lowest BCUT2D eigenvalue weighted by Crippen LogP contribution is -2.59. The van der Waals surface area contributed by atoms with E-state index in [9.17, 15) is 37.1 Å². The van der Waals surface area contributed by atoms with Crippen molar-refractivity contribution in [2.45, 2.75) is 96.4 Å². The third-order valence-corrected chi connectivity index (χ3v) is 10.0. The number of β-amino-alcohol motifs (C(OH)–C–C–N with tert-alkyl or cyclic N) is 1. The molecule has 3 amide bonds. The van der Waals surface area contributed by atoms with E-state index in [0.29, 0.717) is 18.3 Å². The van der Waals surface area contributed by atoms with Crippen LogP contribution in [0.2, 0.25) is 0 Å². The largest absolute Gasteiger partial charge is 0.493 e. The maximum atomic E-state index is 14.5. The molecule has 282 valence electrons. The van der Waals surface area contributed by atoms with Crippen LogP contribution in [0.1, 0.15) is 64.1 Å². The summed E-state index contributed by atoms with van der Waals surface area (Å²) in [4.78, 5) is 55.5. The van der Waals surface area contributed by atoms with Crippen molar-refractivity contribution >= 4 is 35.0 Å². The van der Waals surface area contributed by atoms with Crippen molar-refractivity contribution in [3.8, 4) is 16.2 Å². The highest BCUT2D eigenvalue weighted by Gasteiger charge is 2.53. The molecular weight excluding hydrogens is 698 g/mol. The number of aliphatic hydroxyl groups excluding tert-OH is 1. The number of carbonyl (C=O) groups excluding carboxylic acids is 3. The number of likely N-dealkylation sites (tertiary alicyclic amines) is 1. The standard InChI is InChI=1S/C32H44FN5O5S.C2HF3O2/c1-19-26(44-18-36-19)21-5-6-22(25(13-21)43-17-20-7-11-34-12-8-20)15-35-28(40)24-14-23(39)16-38(24)29(41)27(31(2,3)4)37-30(42)32(33)9-10-32;3-2(4,5)1(6)7/h5-6,13,18,20,23-24,27,34,39H,7-12,14-17H2,1-4H3,(H,35,40)(H,37,42);(H,6,7)/t23-,24+,27?;/m1./s1. The van der Waals surface area contributed by atoms with E-state index in [4.69, 9.17) is 14.6 Å². The van der Waals surface area contributed by atoms with E-state index in [1.807, 2.05) is 30.6 Å². The lowest BCUT2D eigenvalue weighted by atomic mass is 9.85. The molecule has 0 radical (unpaired) electrons. The van der Waals surface area contributed by atoms with E-state index in [-0.39, 0.29) is 32.4 Å². The summed E-state index contributed by atoms with van der Waals surface area (Å²) in [6, 6.07) is 3.93. The summed E-state index contributed by atoms with van der Waals surface area (Å²) in [6.45, 7) is 9.92. The summed E-state index contributed by atoms with van der Waals surface area (Å²) < 4.78 is 52.6. The van der Waals surface area contributed by atoms with Gasteiger partial charge >= 0.3 is 12.1 Å². The van der Waals surface area contributed by atoms with Gasteiger partial charge in [-0.05, 0) is 68.7 Å². The van der Waals surface area contributed by atoms with Gasteiger partial charge in [0.2, 0.25) is 11.8 Å². The number of hydrogen-bond donors (Lipinski definition) is 5. The highest BCUT2D eigenvalue weighted by Crippen LogP contribution is 2.40. The fourth-order valence-electron chi connectivity index (χ4n) is 5.83. The number of benzene rings is 1. The average Bonchev–Trinajstić information content (AvgIpc) is 3.47. The number of aliphatic carboxylic acids is 1. The number of aromatic nitrogens is 1. The van der Waals surface area contributed by atoms with E-state index in [0.717, 1.165) is 47.6 Å². The van der Waals surface area contributed by atoms with Gasteiger partial charge in [0, 0.05) is 25.1 Å². The number of carboxylic acids is 1. The van der Waals surface area contributed by atoms with Gasteiger partial charge in [-0.1, -0.05) is 32.9 Å². The van der Waals surface area contributed by atoms with Gasteiger partial charge in [-0.3, -0.25) is 14.4 Å². The quantitative estimate of drug-likeness (QED) is 0.228. The Morgan fingerprint density at radius 1 is 1.16 bits per heavy atom. The van der Waals surface area contributed by atoms with Crippen molar-refractivity contribution in [3.63, 3.8) is 0 Å². The molecule has 51 heavy (non-hydrogen) atoms. The molecule has 5 N–H and O–H groups in total. The third kappa shape index (κ3) is 10.6. The van der Waals surface area contributed by atoms with Crippen LogP contribution in [0.5, 0.6) is 5.75 Å². The van der Waals surface area contributed by atoms with Gasteiger partial charge in [0.05, 0.1) is 28.8 Å². The Kier molecular flexibility index (Phi) is 12.7. The van der Waals surface area contributed by atoms with E-state index in [1.165, 1.54) is 4.90 Å². The van der Waals surface area contributed by atoms with Crippen LogP contribution >= 0.6 is 11.3 Å². The Hall–Kier alpha value is -3.83. The number of nitrogens with zero attached hydrogens (tertiary/aromatic N) is 2. The first-order valence-corrected chi connectivity index (χ1v) is 17.6. The number of rotatable bonds is 10. The molecule has 2 aliphatic heterocycles. The first kappa shape index (κ1) is 39.9. The van der Waals surface area contributed by atoms with E-state index < -0.39 is 59.1 Å². The van der Waals surface area contributed by atoms with E-state index >= 15 is 0 Å². The van der Waals surface area contributed by atoms with Crippen LogP contribution in [0.3, 0.4) is 0 Å². The number of nitrogens with one attached hydrogen (secondary N) is 3. The molecule has 3 heterocycles. The third-order valence-electron chi connectivity index (χ3n) is 9.05. The predicted octanol–water partition coefficient (Wildman–Crippen LogP) is 3.74. The molecule has 0 bridgehead atoms. The number of alkyl halides is 4. The van der Waals surface area contributed by atoms with Crippen molar-refractivity contribution in [1.29, 1.82) is 0 Å². The Labute approximate surface area is 297 Å². The van der Waals surface area contributed by atoms with Gasteiger partial charge in [-0.15, -0.1) is 11.3 Å². The Bertz CT molecular complexity index is 1570. The van der Waals surface area contributed by atoms with Gasteiger partial charge in [0.1, 0.15) is 17.8 Å². The smallest absolute Gasteiger partial charge is 0.490 e. The number of aryl methyl sites for hydroxylation is 1. The molecule has 1 aromatic carbocycles. The second-order valence-corrected chi connectivity index (χ2v) is 15.1. The van der Waals surface area contributed by atoms with Crippen LogP contribution in [0.25, 0.3) is 10.4 Å². The normalized spacial score (nSPS) is 20.8. The molecule has 17 heteroatoms. The maximum Gasteiger partial charge on any atom is 0.490 e. The highest BCUT2D eigenvalue weighted by atomic mass is 32.1. The predicted molar refractivity (Wildman–Crippen MR) is 179 cm³/mol. The summed E-state index contributed by atoms with van der Waals surface area (Å²) in [5.41, 5.74) is 1.86. The van der Waals surface area contributed by atoms with Gasteiger partial charge in [-0.25, -0.2) is 14.2 Å². The first-order chi connectivity index (χ1) is 23.8. The zero-order valence-electron chi connectivity index (χ0n) is 28.9. The number of carboxylic acid groups (broad SMARTS) is 1. The van der Waals surface area contributed by atoms with Crippen molar-refractivity contribution in [1.82, 2.24) is 25.8 Å². The van der Waals surface area contributed by atoms with Crippen LogP contribution < -0.4 is 20.7 Å². The fourth-order valence-corrected chi connectivity index (χ4v) is 6.63. The van der Waals surface area contributed by atoms with Gasteiger partial charge in [0.25, 0.3) is 5.91 Å². The number of amides is 3. The van der Waals surface area contributed by atoms with E-state index in [2.05, 4.69) is 20.9 Å². The minimum atomic E-state index is -5.08. The number of ether oxygens (including phenoxy) is 1. The van der Waals surface area contributed by atoms with Crippen molar-refractivity contribution in [2.24, 2.45) is 11.3 Å². The number of thiazole rings is 1.